The van der Waals surface area contributed by atoms with Gasteiger partial charge in [-0.05, 0) is 49.0 Å². The van der Waals surface area contributed by atoms with Gasteiger partial charge in [0, 0.05) is 12.5 Å². The summed E-state index contributed by atoms with van der Waals surface area (Å²) in [5.41, 5.74) is 2.22. The summed E-state index contributed by atoms with van der Waals surface area (Å²) in [6.07, 6.45) is 2.32. The SMILES string of the molecule is CCOP(C)(=O)/C=C(/c1cccc(OC)c1)C1CC1. The van der Waals surface area contributed by atoms with Gasteiger partial charge < -0.3 is 9.26 Å². The van der Waals surface area contributed by atoms with Gasteiger partial charge in [-0.25, -0.2) is 0 Å². The van der Waals surface area contributed by atoms with Crippen molar-refractivity contribution in [3.63, 3.8) is 0 Å². The highest BCUT2D eigenvalue weighted by Gasteiger charge is 2.29. The smallest absolute Gasteiger partial charge is 0.222 e. The maximum Gasteiger partial charge on any atom is 0.222 e. The summed E-state index contributed by atoms with van der Waals surface area (Å²) >= 11 is 0. The monoisotopic (exact) mass is 280 g/mol. The molecule has 1 aromatic rings. The fourth-order valence-electron chi connectivity index (χ4n) is 2.16. The number of rotatable bonds is 6. The van der Waals surface area contributed by atoms with Crippen LogP contribution in [0.15, 0.2) is 30.1 Å². The van der Waals surface area contributed by atoms with Gasteiger partial charge in [-0.3, -0.25) is 4.57 Å². The average Bonchev–Trinajstić information content (AvgIpc) is 3.20. The van der Waals surface area contributed by atoms with Crippen LogP contribution in [-0.4, -0.2) is 20.4 Å². The molecule has 1 aliphatic carbocycles. The first-order chi connectivity index (χ1) is 9.05. The number of allylic oxidation sites excluding steroid dienone is 1. The van der Waals surface area contributed by atoms with Crippen molar-refractivity contribution < 1.29 is 13.8 Å². The maximum atomic E-state index is 12.4. The van der Waals surface area contributed by atoms with E-state index in [0.29, 0.717) is 12.5 Å². The van der Waals surface area contributed by atoms with E-state index in [1.54, 1.807) is 13.8 Å². The minimum Gasteiger partial charge on any atom is -0.497 e. The van der Waals surface area contributed by atoms with Gasteiger partial charge in [-0.1, -0.05) is 12.1 Å². The zero-order valence-electron chi connectivity index (χ0n) is 11.8. The number of hydrogen-bond acceptors (Lipinski definition) is 3. The molecule has 0 radical (unpaired) electrons. The average molecular weight is 280 g/mol. The van der Waals surface area contributed by atoms with Gasteiger partial charge in [0.25, 0.3) is 0 Å². The van der Waals surface area contributed by atoms with E-state index in [1.807, 2.05) is 37.0 Å². The van der Waals surface area contributed by atoms with Gasteiger partial charge in [0.2, 0.25) is 7.37 Å². The van der Waals surface area contributed by atoms with E-state index in [-0.39, 0.29) is 0 Å². The quantitative estimate of drug-likeness (QED) is 0.725. The summed E-state index contributed by atoms with van der Waals surface area (Å²) in [5.74, 6) is 3.18. The van der Waals surface area contributed by atoms with Crippen molar-refractivity contribution in [1.82, 2.24) is 0 Å². The van der Waals surface area contributed by atoms with Crippen LogP contribution < -0.4 is 4.74 Å². The Morgan fingerprint density at radius 1 is 1.47 bits per heavy atom. The Hall–Kier alpha value is -1.05. The fraction of sp³-hybridized carbons (Fsp3) is 0.467. The Morgan fingerprint density at radius 3 is 2.79 bits per heavy atom. The van der Waals surface area contributed by atoms with Crippen LogP contribution in [0, 0.1) is 5.92 Å². The third kappa shape index (κ3) is 3.95. The summed E-state index contributed by atoms with van der Waals surface area (Å²) < 4.78 is 23.0. The first-order valence-electron chi connectivity index (χ1n) is 6.64. The molecule has 0 heterocycles. The molecule has 0 aliphatic heterocycles. The summed E-state index contributed by atoms with van der Waals surface area (Å²) in [7, 11) is -0.997. The van der Waals surface area contributed by atoms with Crippen molar-refractivity contribution in [3.8, 4) is 5.75 Å². The third-order valence-electron chi connectivity index (χ3n) is 3.18. The summed E-state index contributed by atoms with van der Waals surface area (Å²) in [6.45, 7) is 4.02. The van der Waals surface area contributed by atoms with Crippen LogP contribution in [0.3, 0.4) is 0 Å². The molecule has 19 heavy (non-hydrogen) atoms. The first-order valence-corrected chi connectivity index (χ1v) is 8.79. The van der Waals surface area contributed by atoms with E-state index in [9.17, 15) is 4.57 Å². The lowest BCUT2D eigenvalue weighted by molar-refractivity contribution is 0.344. The molecule has 1 atom stereocenters. The molecule has 1 aliphatic rings. The van der Waals surface area contributed by atoms with E-state index in [2.05, 4.69) is 0 Å². The zero-order chi connectivity index (χ0) is 13.9. The molecular weight excluding hydrogens is 259 g/mol. The molecule has 1 unspecified atom stereocenters. The highest BCUT2D eigenvalue weighted by molar-refractivity contribution is 7.61. The van der Waals surface area contributed by atoms with Crippen LogP contribution in [0.1, 0.15) is 25.3 Å². The maximum absolute atomic E-state index is 12.4. The van der Waals surface area contributed by atoms with Crippen molar-refractivity contribution in [2.45, 2.75) is 19.8 Å². The molecule has 0 spiro atoms. The second-order valence-electron chi connectivity index (χ2n) is 4.92. The van der Waals surface area contributed by atoms with Crippen LogP contribution in [0.25, 0.3) is 5.57 Å². The van der Waals surface area contributed by atoms with Gasteiger partial charge in [-0.2, -0.15) is 0 Å². The topological polar surface area (TPSA) is 35.5 Å². The lowest BCUT2D eigenvalue weighted by Crippen LogP contribution is -1.92. The van der Waals surface area contributed by atoms with Gasteiger partial charge in [0.05, 0.1) is 13.7 Å². The Labute approximate surface area is 115 Å². The molecule has 1 aromatic carbocycles. The lowest BCUT2D eigenvalue weighted by Gasteiger charge is -2.13. The van der Waals surface area contributed by atoms with Crippen LogP contribution in [-0.2, 0) is 9.09 Å². The minimum absolute atomic E-state index is 0.473. The molecule has 1 saturated carbocycles. The van der Waals surface area contributed by atoms with Crippen molar-refractivity contribution in [1.29, 1.82) is 0 Å². The van der Waals surface area contributed by atoms with Crippen LogP contribution in [0.2, 0.25) is 0 Å². The van der Waals surface area contributed by atoms with Crippen LogP contribution in [0.4, 0.5) is 0 Å². The third-order valence-corrected chi connectivity index (χ3v) is 4.70. The molecule has 1 fully saturated rings. The molecule has 0 aromatic heterocycles. The Morgan fingerprint density at radius 2 is 2.21 bits per heavy atom. The predicted octanol–water partition coefficient (Wildman–Crippen LogP) is 4.39. The normalized spacial score (nSPS) is 19.0. The first kappa shape index (κ1) is 14.4. The Kier molecular flexibility index (Phi) is 4.49. The molecule has 104 valence electrons. The summed E-state index contributed by atoms with van der Waals surface area (Å²) in [6, 6.07) is 7.92. The molecular formula is C15H21O3P. The molecule has 2 rings (SSSR count). The molecule has 4 heteroatoms. The fourth-order valence-corrected chi connectivity index (χ4v) is 3.61. The Bertz CT molecular complexity index is 518. The second-order valence-corrected chi connectivity index (χ2v) is 7.25. The predicted molar refractivity (Wildman–Crippen MR) is 78.9 cm³/mol. The van der Waals surface area contributed by atoms with E-state index in [4.69, 9.17) is 9.26 Å². The van der Waals surface area contributed by atoms with E-state index in [1.165, 1.54) is 0 Å². The molecule has 0 amide bonds. The minimum atomic E-state index is -2.65. The van der Waals surface area contributed by atoms with E-state index >= 15 is 0 Å². The highest BCUT2D eigenvalue weighted by Crippen LogP contribution is 2.52. The van der Waals surface area contributed by atoms with Gasteiger partial charge in [0.15, 0.2) is 0 Å². The molecule has 0 saturated heterocycles. The number of ether oxygens (including phenoxy) is 1. The van der Waals surface area contributed by atoms with Crippen molar-refractivity contribution >= 4 is 12.9 Å². The van der Waals surface area contributed by atoms with E-state index < -0.39 is 7.37 Å². The number of methoxy groups -OCH3 is 1. The second kappa shape index (κ2) is 5.94. The van der Waals surface area contributed by atoms with Crippen molar-refractivity contribution in [2.24, 2.45) is 5.92 Å². The lowest BCUT2D eigenvalue weighted by atomic mass is 10.0. The molecule has 0 N–H and O–H groups in total. The van der Waals surface area contributed by atoms with Gasteiger partial charge >= 0.3 is 0 Å². The summed E-state index contributed by atoms with van der Waals surface area (Å²) in [4.78, 5) is 0. The summed E-state index contributed by atoms with van der Waals surface area (Å²) in [5, 5.41) is 0. The van der Waals surface area contributed by atoms with Gasteiger partial charge in [0.1, 0.15) is 5.75 Å². The van der Waals surface area contributed by atoms with Crippen LogP contribution in [0.5, 0.6) is 5.75 Å². The zero-order valence-corrected chi connectivity index (χ0v) is 12.7. The standard InChI is InChI=1S/C15H21O3P/c1-4-18-19(3,16)11-15(12-8-9-12)13-6-5-7-14(10-13)17-2/h5-7,10-12H,4,8-9H2,1-3H3/b15-11+. The number of hydrogen-bond donors (Lipinski definition) is 0. The van der Waals surface area contributed by atoms with Crippen molar-refractivity contribution in [3.05, 3.63) is 35.6 Å². The van der Waals surface area contributed by atoms with Crippen molar-refractivity contribution in [2.75, 3.05) is 20.4 Å². The molecule has 0 bridgehead atoms. The Balaban J connectivity index is 2.34. The van der Waals surface area contributed by atoms with Crippen LogP contribution >= 0.6 is 7.37 Å². The van der Waals surface area contributed by atoms with E-state index in [0.717, 1.165) is 29.7 Å². The number of benzene rings is 1. The van der Waals surface area contributed by atoms with Gasteiger partial charge in [-0.15, -0.1) is 0 Å². The largest absolute Gasteiger partial charge is 0.497 e. The molecule has 3 nitrogen and oxygen atoms in total. The highest BCUT2D eigenvalue weighted by atomic mass is 31.2.